The zero-order chi connectivity index (χ0) is 14.3. The van der Waals surface area contributed by atoms with Crippen molar-refractivity contribution in [3.05, 3.63) is 48.0 Å². The molecule has 1 nitrogen and oxygen atoms in total. The Bertz CT molecular complexity index is 475. The second kappa shape index (κ2) is 4.56. The predicted molar refractivity (Wildman–Crippen MR) is 80.3 cm³/mol. The second-order valence-corrected chi connectivity index (χ2v) is 10.3. The molecule has 1 aliphatic carbocycles. The lowest BCUT2D eigenvalue weighted by molar-refractivity contribution is 0.0304. The van der Waals surface area contributed by atoms with Crippen molar-refractivity contribution in [2.45, 2.75) is 49.9 Å². The Morgan fingerprint density at radius 1 is 1.21 bits per heavy atom. The molecule has 1 aliphatic rings. The van der Waals surface area contributed by atoms with Crippen molar-refractivity contribution < 1.29 is 9.21 Å². The van der Waals surface area contributed by atoms with Crippen LogP contribution in [0.1, 0.15) is 31.7 Å². The van der Waals surface area contributed by atoms with Crippen LogP contribution in [-0.4, -0.2) is 19.1 Å². The summed E-state index contributed by atoms with van der Waals surface area (Å²) in [5.41, 5.74) is 1.14. The van der Waals surface area contributed by atoms with Gasteiger partial charge in [-0.05, 0) is 44.8 Å². The van der Waals surface area contributed by atoms with E-state index in [9.17, 15) is 5.11 Å². The van der Waals surface area contributed by atoms with E-state index in [0.29, 0.717) is 19.3 Å². The molecule has 1 saturated carbocycles. The first kappa shape index (κ1) is 14.5. The first-order valence-electron chi connectivity index (χ1n) is 6.84. The van der Waals surface area contributed by atoms with E-state index < -0.39 is 19.0 Å². The first-order chi connectivity index (χ1) is 8.69. The molecule has 1 fully saturated rings. The average Bonchev–Trinajstić information content (AvgIpc) is 2.27. The second-order valence-electron chi connectivity index (χ2n) is 6.52. The topological polar surface area (TPSA) is 20.2 Å². The van der Waals surface area contributed by atoms with Crippen LogP contribution >= 0.6 is 0 Å². The Kier molecular flexibility index (Phi) is 3.48. The van der Waals surface area contributed by atoms with Crippen LogP contribution in [0, 0.1) is 0 Å². The maximum Gasteiger partial charge on any atom is 0.255 e. The summed E-state index contributed by atoms with van der Waals surface area (Å²) in [5, 5.41) is 9.66. The van der Waals surface area contributed by atoms with E-state index in [1.165, 1.54) is 0 Å². The third-order valence-electron chi connectivity index (χ3n) is 4.52. The summed E-state index contributed by atoms with van der Waals surface area (Å²) in [4.78, 5) is 0. The Hall–Kier alpha value is -0.933. The van der Waals surface area contributed by atoms with Gasteiger partial charge < -0.3 is 9.21 Å². The maximum atomic E-state index is 15.1. The molecular weight excluding hydrogens is 255 g/mol. The molecule has 1 aromatic carbocycles. The lowest BCUT2D eigenvalue weighted by Crippen LogP contribution is -2.54. The van der Waals surface area contributed by atoms with Gasteiger partial charge in [0, 0.05) is 5.04 Å². The third kappa shape index (κ3) is 2.41. The van der Waals surface area contributed by atoms with Crippen LogP contribution in [0.4, 0.5) is 4.11 Å². The zero-order valence-corrected chi connectivity index (χ0v) is 13.0. The minimum atomic E-state index is -2.98. The molecule has 104 valence electrons. The normalized spacial score (nSPS) is 32.4. The van der Waals surface area contributed by atoms with Crippen molar-refractivity contribution >= 4 is 8.41 Å². The highest BCUT2D eigenvalue weighted by Crippen LogP contribution is 2.51. The molecule has 2 atom stereocenters. The smallest absolute Gasteiger partial charge is 0.255 e. The van der Waals surface area contributed by atoms with Crippen molar-refractivity contribution in [2.24, 2.45) is 0 Å². The van der Waals surface area contributed by atoms with Gasteiger partial charge in [0.15, 0.2) is 0 Å². The van der Waals surface area contributed by atoms with Crippen LogP contribution in [0.3, 0.4) is 0 Å². The van der Waals surface area contributed by atoms with Gasteiger partial charge in [0.1, 0.15) is 0 Å². The molecule has 0 bridgehead atoms. The summed E-state index contributed by atoms with van der Waals surface area (Å²) in [5.74, 6) is 0. The van der Waals surface area contributed by atoms with E-state index in [4.69, 9.17) is 0 Å². The van der Waals surface area contributed by atoms with E-state index in [1.54, 1.807) is 13.1 Å². The Balaban J connectivity index is 2.53. The maximum absolute atomic E-state index is 15.1. The monoisotopic (exact) mass is 278 g/mol. The molecule has 19 heavy (non-hydrogen) atoms. The van der Waals surface area contributed by atoms with E-state index in [2.05, 4.69) is 6.58 Å². The average molecular weight is 278 g/mol. The third-order valence-corrected chi connectivity index (χ3v) is 7.44. The summed E-state index contributed by atoms with van der Waals surface area (Å²) in [6.45, 7) is 9.47. The van der Waals surface area contributed by atoms with Crippen LogP contribution < -0.4 is 0 Å². The number of hydrogen-bond donors (Lipinski definition) is 1. The molecule has 0 heterocycles. The van der Waals surface area contributed by atoms with E-state index >= 15 is 4.11 Å². The zero-order valence-electron chi connectivity index (χ0n) is 12.0. The van der Waals surface area contributed by atoms with Crippen LogP contribution in [-0.2, 0) is 5.04 Å². The molecule has 3 heteroatoms. The minimum Gasteiger partial charge on any atom is -0.390 e. The molecular formula is C16H23FOSi. The molecule has 2 unspecified atom stereocenters. The van der Waals surface area contributed by atoms with Gasteiger partial charge in [-0.3, -0.25) is 0 Å². The van der Waals surface area contributed by atoms with E-state index in [-0.39, 0.29) is 0 Å². The van der Waals surface area contributed by atoms with Gasteiger partial charge in [0.25, 0.3) is 8.41 Å². The molecule has 0 saturated heterocycles. The molecule has 2 rings (SSSR count). The molecule has 1 aromatic rings. The van der Waals surface area contributed by atoms with Crippen LogP contribution in [0.5, 0.6) is 0 Å². The quantitative estimate of drug-likeness (QED) is 0.490. The Morgan fingerprint density at radius 3 is 2.26 bits per heavy atom. The molecule has 1 N–H and O–H groups in total. The van der Waals surface area contributed by atoms with E-state index in [1.807, 2.05) is 37.3 Å². The minimum absolute atomic E-state index is 0.488. The van der Waals surface area contributed by atoms with E-state index in [0.717, 1.165) is 11.1 Å². The van der Waals surface area contributed by atoms with Crippen LogP contribution in [0.2, 0.25) is 13.1 Å². The largest absolute Gasteiger partial charge is 0.390 e. The SMILES string of the molecule is C=C1CC(C)(O)CCC1(c1ccccc1)[Si](C)(C)F. The number of hydrogen-bond acceptors (Lipinski definition) is 1. The van der Waals surface area contributed by atoms with Crippen molar-refractivity contribution in [1.82, 2.24) is 0 Å². The lowest BCUT2D eigenvalue weighted by atomic mass is 9.73. The standard InChI is InChI=1S/C16H23FOSi/c1-13-12-15(2,18)10-11-16(13,19(3,4)17)14-8-6-5-7-9-14/h5-9,18H,1,10-12H2,2-4H3. The Labute approximate surface area is 116 Å². The number of benzene rings is 1. The number of rotatable bonds is 2. The Morgan fingerprint density at radius 2 is 1.79 bits per heavy atom. The van der Waals surface area contributed by atoms with Gasteiger partial charge in [-0.25, -0.2) is 0 Å². The lowest BCUT2D eigenvalue weighted by Gasteiger charge is -2.49. The highest BCUT2D eigenvalue weighted by Gasteiger charge is 2.55. The van der Waals surface area contributed by atoms with Crippen molar-refractivity contribution in [2.75, 3.05) is 0 Å². The summed E-state index contributed by atoms with van der Waals surface area (Å²) in [7, 11) is -2.98. The fourth-order valence-corrected chi connectivity index (χ4v) is 5.97. The van der Waals surface area contributed by atoms with Gasteiger partial charge in [-0.1, -0.05) is 42.5 Å². The van der Waals surface area contributed by atoms with Crippen molar-refractivity contribution in [3.8, 4) is 0 Å². The molecule has 0 spiro atoms. The van der Waals surface area contributed by atoms with Gasteiger partial charge in [-0.2, -0.15) is 0 Å². The van der Waals surface area contributed by atoms with Gasteiger partial charge in [-0.15, -0.1) is 0 Å². The predicted octanol–water partition coefficient (Wildman–Crippen LogP) is 4.13. The molecule has 0 aliphatic heterocycles. The van der Waals surface area contributed by atoms with Crippen molar-refractivity contribution in [1.29, 1.82) is 0 Å². The number of aliphatic hydroxyl groups is 1. The number of halogens is 1. The van der Waals surface area contributed by atoms with Gasteiger partial charge in [0.2, 0.25) is 0 Å². The van der Waals surface area contributed by atoms with Crippen LogP contribution in [0.15, 0.2) is 42.5 Å². The molecule has 0 aromatic heterocycles. The summed E-state index contributed by atoms with van der Waals surface area (Å²) < 4.78 is 15.1. The highest BCUT2D eigenvalue weighted by molar-refractivity contribution is 6.74. The van der Waals surface area contributed by atoms with Crippen LogP contribution in [0.25, 0.3) is 0 Å². The fourth-order valence-electron chi connectivity index (χ4n) is 3.46. The summed E-state index contributed by atoms with van der Waals surface area (Å²) >= 11 is 0. The highest BCUT2D eigenvalue weighted by atomic mass is 28.4. The molecule has 0 radical (unpaired) electrons. The summed E-state index contributed by atoms with van der Waals surface area (Å²) in [6.07, 6.45) is 1.77. The van der Waals surface area contributed by atoms with Gasteiger partial charge >= 0.3 is 0 Å². The van der Waals surface area contributed by atoms with Crippen molar-refractivity contribution in [3.63, 3.8) is 0 Å². The fraction of sp³-hybridized carbons (Fsp3) is 0.500. The first-order valence-corrected chi connectivity index (χ1v) is 9.72. The van der Waals surface area contributed by atoms with Gasteiger partial charge in [0.05, 0.1) is 5.60 Å². The molecule has 0 amide bonds. The summed E-state index contributed by atoms with van der Waals surface area (Å²) in [6, 6.07) is 9.86.